The number of hydrogen-bond acceptors (Lipinski definition) is 5. The largest absolute Gasteiger partial charge is 0.494 e. The van der Waals surface area contributed by atoms with E-state index in [0.29, 0.717) is 12.5 Å². The fourth-order valence-electron chi connectivity index (χ4n) is 4.91. The van der Waals surface area contributed by atoms with Gasteiger partial charge in [-0.15, -0.1) is 0 Å². The van der Waals surface area contributed by atoms with E-state index in [1.807, 2.05) is 30.0 Å². The predicted octanol–water partition coefficient (Wildman–Crippen LogP) is 4.22. The smallest absolute Gasteiger partial charge is 0.487 e. The van der Waals surface area contributed by atoms with Gasteiger partial charge >= 0.3 is 7.12 Å². The van der Waals surface area contributed by atoms with E-state index in [-0.39, 0.29) is 17.9 Å². The molecule has 182 valence electrons. The van der Waals surface area contributed by atoms with Crippen molar-refractivity contribution in [2.24, 2.45) is 11.8 Å². The number of rotatable bonds is 4. The fourth-order valence-corrected chi connectivity index (χ4v) is 4.91. The molecule has 2 saturated heterocycles. The number of carbonyl (C=O) groups excluding carboxylic acids is 1. The normalized spacial score (nSPS) is 23.6. The molecule has 1 aromatic carbocycles. The van der Waals surface area contributed by atoms with E-state index in [1.165, 1.54) is 0 Å². The molecule has 2 atom stereocenters. The maximum Gasteiger partial charge on any atom is 0.494 e. The van der Waals surface area contributed by atoms with Crippen molar-refractivity contribution in [1.29, 1.82) is 0 Å². The van der Waals surface area contributed by atoms with Crippen LogP contribution >= 0.6 is 0 Å². The Morgan fingerprint density at radius 3 is 2.56 bits per heavy atom. The Morgan fingerprint density at radius 2 is 1.88 bits per heavy atom. The molecule has 8 heteroatoms. The molecule has 3 aliphatic heterocycles. The van der Waals surface area contributed by atoms with Crippen LogP contribution in [-0.2, 0) is 20.7 Å². The Morgan fingerprint density at radius 1 is 1.18 bits per heavy atom. The van der Waals surface area contributed by atoms with Crippen LogP contribution < -0.4 is 10.2 Å². The minimum atomic E-state index is -0.434. The van der Waals surface area contributed by atoms with Crippen molar-refractivity contribution in [3.05, 3.63) is 29.7 Å². The van der Waals surface area contributed by atoms with Crippen molar-refractivity contribution in [2.45, 2.75) is 85.2 Å². The minimum absolute atomic E-state index is 0.00245. The van der Waals surface area contributed by atoms with E-state index in [4.69, 9.17) is 19.0 Å². The topological polar surface area (TPSA) is 76.7 Å². The van der Waals surface area contributed by atoms with Crippen molar-refractivity contribution in [3.8, 4) is 17.0 Å². The third-order valence-corrected chi connectivity index (χ3v) is 8.20. The number of aromatic amines is 1. The lowest BCUT2D eigenvalue weighted by molar-refractivity contribution is -0.137. The number of imidazole rings is 1. The maximum absolute atomic E-state index is 13.1. The van der Waals surface area contributed by atoms with Gasteiger partial charge in [-0.2, -0.15) is 0 Å². The first-order valence-electron chi connectivity index (χ1n) is 12.5. The van der Waals surface area contributed by atoms with Gasteiger partial charge in [-0.05, 0) is 64.1 Å². The highest BCUT2D eigenvalue weighted by atomic mass is 16.7. The van der Waals surface area contributed by atoms with Crippen LogP contribution in [-0.4, -0.2) is 45.6 Å². The van der Waals surface area contributed by atoms with Gasteiger partial charge in [0.2, 0.25) is 5.91 Å². The lowest BCUT2D eigenvalue weighted by Crippen LogP contribution is -2.41. The van der Waals surface area contributed by atoms with Gasteiger partial charge in [-0.25, -0.2) is 4.98 Å². The second-order valence-electron chi connectivity index (χ2n) is 11.3. The van der Waals surface area contributed by atoms with Gasteiger partial charge in [0.1, 0.15) is 18.2 Å². The molecule has 1 aromatic heterocycles. The highest BCUT2D eigenvalue weighted by molar-refractivity contribution is 6.62. The molecule has 0 bridgehead atoms. The molecule has 0 aliphatic carbocycles. The van der Waals surface area contributed by atoms with E-state index >= 15 is 0 Å². The van der Waals surface area contributed by atoms with Crippen LogP contribution in [0, 0.1) is 11.8 Å². The Labute approximate surface area is 202 Å². The molecule has 5 rings (SSSR count). The SMILES string of the molecule is CC(C)[C@H](C)C(=O)N1CCC[C@H]1c1nc2c([nH]1)COc1cc(B3OC(C)(C)C(C)(C)O3)ccc1-2. The molecule has 2 aromatic rings. The number of carbonyl (C=O) groups is 1. The molecule has 34 heavy (non-hydrogen) atoms. The average molecular weight is 465 g/mol. The summed E-state index contributed by atoms with van der Waals surface area (Å²) < 4.78 is 18.5. The van der Waals surface area contributed by atoms with E-state index in [2.05, 4.69) is 46.5 Å². The first-order chi connectivity index (χ1) is 16.0. The summed E-state index contributed by atoms with van der Waals surface area (Å²) >= 11 is 0. The second kappa shape index (κ2) is 8.13. The van der Waals surface area contributed by atoms with Crippen molar-refractivity contribution < 1.29 is 18.8 Å². The number of aromatic nitrogens is 2. The Balaban J connectivity index is 1.41. The molecule has 2 fully saturated rings. The van der Waals surface area contributed by atoms with Crippen LogP contribution in [0.5, 0.6) is 5.75 Å². The maximum atomic E-state index is 13.1. The quantitative estimate of drug-likeness (QED) is 0.685. The number of hydrogen-bond donors (Lipinski definition) is 1. The van der Waals surface area contributed by atoms with Crippen LogP contribution in [0.4, 0.5) is 0 Å². The van der Waals surface area contributed by atoms with E-state index in [0.717, 1.165) is 53.4 Å². The molecular formula is C26H36BN3O4. The van der Waals surface area contributed by atoms with Crippen LogP contribution in [0.1, 0.15) is 78.9 Å². The third kappa shape index (κ3) is 3.75. The molecule has 0 spiro atoms. The summed E-state index contributed by atoms with van der Waals surface area (Å²) in [6, 6.07) is 6.07. The number of benzene rings is 1. The summed E-state index contributed by atoms with van der Waals surface area (Å²) in [5, 5.41) is 0. The molecule has 0 saturated carbocycles. The summed E-state index contributed by atoms with van der Waals surface area (Å²) in [4.78, 5) is 23.6. The molecule has 0 unspecified atom stereocenters. The van der Waals surface area contributed by atoms with Gasteiger partial charge in [-0.1, -0.05) is 26.8 Å². The summed E-state index contributed by atoms with van der Waals surface area (Å²) in [6.07, 6.45) is 1.93. The highest BCUT2D eigenvalue weighted by Crippen LogP contribution is 2.41. The Hall–Kier alpha value is -2.32. The minimum Gasteiger partial charge on any atom is -0.487 e. The molecular weight excluding hydrogens is 429 g/mol. The number of fused-ring (bicyclic) bond motifs is 3. The third-order valence-electron chi connectivity index (χ3n) is 8.20. The predicted molar refractivity (Wildman–Crippen MR) is 132 cm³/mol. The number of amides is 1. The number of H-pyrrole nitrogens is 1. The standard InChI is InChI=1S/C26H36BN3O4/c1-15(2)16(3)24(31)30-12-8-9-20(30)23-28-19-14-32-21-13-17(10-11-18(21)22(19)29-23)27-33-25(4,5)26(6,7)34-27/h10-11,13,15-16,20H,8-9,12,14H2,1-7H3,(H,28,29)/t16-,20-/m0/s1. The van der Waals surface area contributed by atoms with Gasteiger partial charge in [0.15, 0.2) is 0 Å². The van der Waals surface area contributed by atoms with Gasteiger partial charge in [0.05, 0.1) is 28.6 Å². The zero-order valence-electron chi connectivity index (χ0n) is 21.4. The first-order valence-corrected chi connectivity index (χ1v) is 12.5. The van der Waals surface area contributed by atoms with Crippen LogP contribution in [0.15, 0.2) is 18.2 Å². The zero-order chi connectivity index (χ0) is 24.4. The molecule has 7 nitrogen and oxygen atoms in total. The van der Waals surface area contributed by atoms with Gasteiger partial charge in [0.25, 0.3) is 0 Å². The number of ether oxygens (including phenoxy) is 1. The molecule has 3 aliphatic rings. The Bertz CT molecular complexity index is 1090. The molecule has 4 heterocycles. The summed E-state index contributed by atoms with van der Waals surface area (Å²) in [6.45, 7) is 15.7. The lowest BCUT2D eigenvalue weighted by atomic mass is 9.78. The van der Waals surface area contributed by atoms with Crippen molar-refractivity contribution >= 4 is 18.5 Å². The summed E-state index contributed by atoms with van der Waals surface area (Å²) in [5.41, 5.74) is 2.98. The molecule has 1 N–H and O–H groups in total. The monoisotopic (exact) mass is 465 g/mol. The van der Waals surface area contributed by atoms with Crippen LogP contribution in [0.25, 0.3) is 11.3 Å². The lowest BCUT2D eigenvalue weighted by Gasteiger charge is -2.32. The fraction of sp³-hybridized carbons (Fsp3) is 0.615. The van der Waals surface area contributed by atoms with Gasteiger partial charge in [0, 0.05) is 18.0 Å². The molecule has 0 radical (unpaired) electrons. The van der Waals surface area contributed by atoms with E-state index in [1.54, 1.807) is 0 Å². The molecule has 1 amide bonds. The van der Waals surface area contributed by atoms with E-state index in [9.17, 15) is 4.79 Å². The second-order valence-corrected chi connectivity index (χ2v) is 11.3. The number of nitrogens with one attached hydrogen (secondary N) is 1. The van der Waals surface area contributed by atoms with E-state index < -0.39 is 18.3 Å². The van der Waals surface area contributed by atoms with Gasteiger partial charge in [-0.3, -0.25) is 4.79 Å². The first kappa shape index (κ1) is 23.4. The highest BCUT2D eigenvalue weighted by Gasteiger charge is 2.52. The van der Waals surface area contributed by atoms with Crippen LogP contribution in [0.3, 0.4) is 0 Å². The average Bonchev–Trinajstić information content (AvgIpc) is 3.47. The van der Waals surface area contributed by atoms with Crippen LogP contribution in [0.2, 0.25) is 0 Å². The van der Waals surface area contributed by atoms with Gasteiger partial charge < -0.3 is 23.9 Å². The van der Waals surface area contributed by atoms with Crippen molar-refractivity contribution in [3.63, 3.8) is 0 Å². The Kier molecular flexibility index (Phi) is 5.60. The number of likely N-dealkylation sites (tertiary alicyclic amines) is 1. The summed E-state index contributed by atoms with van der Waals surface area (Å²) in [7, 11) is -0.434. The summed E-state index contributed by atoms with van der Waals surface area (Å²) in [5.74, 6) is 2.18. The zero-order valence-corrected chi connectivity index (χ0v) is 21.4. The van der Waals surface area contributed by atoms with Crippen molar-refractivity contribution in [2.75, 3.05) is 6.54 Å². The number of nitrogens with zero attached hydrogens (tertiary/aromatic N) is 2. The van der Waals surface area contributed by atoms with Crippen molar-refractivity contribution in [1.82, 2.24) is 14.9 Å².